The molecule has 1 amide bonds. The highest BCUT2D eigenvalue weighted by Crippen LogP contribution is 2.34. The molecule has 120 valence electrons. The highest BCUT2D eigenvalue weighted by atomic mass is 16.7. The second kappa shape index (κ2) is 7.13. The van der Waals surface area contributed by atoms with Gasteiger partial charge >= 0.3 is 11.9 Å². The van der Waals surface area contributed by atoms with Crippen molar-refractivity contribution in [1.82, 2.24) is 10.2 Å². The normalized spacial score (nSPS) is 13.8. The Labute approximate surface area is 129 Å². The van der Waals surface area contributed by atoms with Gasteiger partial charge in [-0.25, -0.2) is 4.79 Å². The van der Waals surface area contributed by atoms with E-state index < -0.39 is 11.9 Å². The van der Waals surface area contributed by atoms with E-state index in [9.17, 15) is 9.59 Å². The van der Waals surface area contributed by atoms with Gasteiger partial charge in [0.15, 0.2) is 11.5 Å². The number of carbonyl (C=O) groups excluding carboxylic acids is 2. The Bertz CT molecular complexity index is 559. The van der Waals surface area contributed by atoms with Crippen molar-refractivity contribution in [2.75, 3.05) is 34.0 Å². The Hall–Kier alpha value is -2.28. The Balaban J connectivity index is 2.04. The van der Waals surface area contributed by atoms with Crippen LogP contribution < -0.4 is 14.8 Å². The third kappa shape index (κ3) is 3.67. The fraction of sp³-hybridized carbons (Fsp3) is 0.467. The van der Waals surface area contributed by atoms with Gasteiger partial charge in [-0.15, -0.1) is 0 Å². The van der Waals surface area contributed by atoms with Gasteiger partial charge in [0.2, 0.25) is 6.79 Å². The quantitative estimate of drug-likeness (QED) is 0.637. The summed E-state index contributed by atoms with van der Waals surface area (Å²) in [7, 11) is 3.79. The van der Waals surface area contributed by atoms with E-state index in [0.29, 0.717) is 11.5 Å². The van der Waals surface area contributed by atoms with E-state index in [1.54, 1.807) is 6.92 Å². The standard InChI is InChI=1S/C15H20N2O5/c1-4-20-15(19)14(18)16-8-11(17(2)3)10-5-6-12-13(7-10)22-9-21-12/h5-7,11H,4,8-9H2,1-3H3,(H,16,18). The zero-order valence-corrected chi connectivity index (χ0v) is 12.9. The lowest BCUT2D eigenvalue weighted by Crippen LogP contribution is -2.38. The maximum absolute atomic E-state index is 11.6. The molecule has 0 aliphatic carbocycles. The van der Waals surface area contributed by atoms with Crippen molar-refractivity contribution in [3.63, 3.8) is 0 Å². The summed E-state index contributed by atoms with van der Waals surface area (Å²) in [5.74, 6) is -0.224. The molecule has 22 heavy (non-hydrogen) atoms. The monoisotopic (exact) mass is 308 g/mol. The third-order valence-corrected chi connectivity index (χ3v) is 3.32. The molecule has 0 saturated carbocycles. The minimum atomic E-state index is -0.870. The number of nitrogens with zero attached hydrogens (tertiary/aromatic N) is 1. The van der Waals surface area contributed by atoms with Crippen LogP contribution in [-0.2, 0) is 14.3 Å². The SMILES string of the molecule is CCOC(=O)C(=O)NCC(c1ccc2c(c1)OCO2)N(C)C. The average Bonchev–Trinajstić information content (AvgIpc) is 2.94. The first-order chi connectivity index (χ1) is 10.5. The molecular formula is C15H20N2O5. The fourth-order valence-electron chi connectivity index (χ4n) is 2.18. The molecule has 1 N–H and O–H groups in total. The number of fused-ring (bicyclic) bond motifs is 1. The molecular weight excluding hydrogens is 288 g/mol. The van der Waals surface area contributed by atoms with Gasteiger partial charge in [-0.1, -0.05) is 6.07 Å². The second-order valence-corrected chi connectivity index (χ2v) is 5.02. The molecule has 7 nitrogen and oxygen atoms in total. The summed E-state index contributed by atoms with van der Waals surface area (Å²) >= 11 is 0. The summed E-state index contributed by atoms with van der Waals surface area (Å²) in [5, 5.41) is 2.59. The van der Waals surface area contributed by atoms with Crippen LogP contribution in [0.25, 0.3) is 0 Å². The number of rotatable bonds is 5. The fourth-order valence-corrected chi connectivity index (χ4v) is 2.18. The van der Waals surface area contributed by atoms with Gasteiger partial charge in [0.1, 0.15) is 0 Å². The van der Waals surface area contributed by atoms with E-state index in [2.05, 4.69) is 10.1 Å². The van der Waals surface area contributed by atoms with E-state index in [1.807, 2.05) is 37.2 Å². The van der Waals surface area contributed by atoms with Gasteiger partial charge in [0.05, 0.1) is 12.6 Å². The lowest BCUT2D eigenvalue weighted by Gasteiger charge is -2.25. The Morgan fingerprint density at radius 1 is 1.32 bits per heavy atom. The van der Waals surface area contributed by atoms with Gasteiger partial charge in [-0.2, -0.15) is 0 Å². The Morgan fingerprint density at radius 3 is 2.73 bits per heavy atom. The summed E-state index contributed by atoms with van der Waals surface area (Å²) in [6, 6.07) is 5.52. The maximum Gasteiger partial charge on any atom is 0.396 e. The minimum Gasteiger partial charge on any atom is -0.459 e. The van der Waals surface area contributed by atoms with Gasteiger partial charge in [0.25, 0.3) is 0 Å². The van der Waals surface area contributed by atoms with E-state index in [4.69, 9.17) is 9.47 Å². The van der Waals surface area contributed by atoms with Crippen LogP contribution in [0, 0.1) is 0 Å². The van der Waals surface area contributed by atoms with Gasteiger partial charge in [0, 0.05) is 6.54 Å². The first-order valence-electron chi connectivity index (χ1n) is 7.03. The van der Waals surface area contributed by atoms with Crippen molar-refractivity contribution in [2.24, 2.45) is 0 Å². The van der Waals surface area contributed by atoms with Crippen LogP contribution in [0.1, 0.15) is 18.5 Å². The number of esters is 1. The summed E-state index contributed by atoms with van der Waals surface area (Å²) in [4.78, 5) is 24.9. The van der Waals surface area contributed by atoms with Crippen molar-refractivity contribution in [2.45, 2.75) is 13.0 Å². The lowest BCUT2D eigenvalue weighted by atomic mass is 10.1. The third-order valence-electron chi connectivity index (χ3n) is 3.32. The molecule has 1 heterocycles. The molecule has 1 atom stereocenters. The largest absolute Gasteiger partial charge is 0.459 e. The zero-order valence-electron chi connectivity index (χ0n) is 12.9. The summed E-state index contributed by atoms with van der Waals surface area (Å²) in [5.41, 5.74) is 0.957. The molecule has 0 fully saturated rings. The molecule has 1 aliphatic heterocycles. The highest BCUT2D eigenvalue weighted by Gasteiger charge is 2.22. The topological polar surface area (TPSA) is 77.1 Å². The van der Waals surface area contributed by atoms with E-state index in [-0.39, 0.29) is 26.0 Å². The van der Waals surface area contributed by atoms with Crippen LogP contribution >= 0.6 is 0 Å². The van der Waals surface area contributed by atoms with E-state index in [1.165, 1.54) is 0 Å². The van der Waals surface area contributed by atoms with Crippen LogP contribution in [0.2, 0.25) is 0 Å². The van der Waals surface area contributed by atoms with Crippen molar-refractivity contribution >= 4 is 11.9 Å². The predicted molar refractivity (Wildman–Crippen MR) is 78.6 cm³/mol. The van der Waals surface area contributed by atoms with Crippen LogP contribution in [0.4, 0.5) is 0 Å². The molecule has 7 heteroatoms. The number of hydrogen-bond acceptors (Lipinski definition) is 6. The Kier molecular flexibility index (Phi) is 5.21. The molecule has 1 unspecified atom stereocenters. The van der Waals surface area contributed by atoms with Crippen LogP contribution in [0.15, 0.2) is 18.2 Å². The van der Waals surface area contributed by atoms with Crippen LogP contribution in [0.5, 0.6) is 11.5 Å². The number of amides is 1. The summed E-state index contributed by atoms with van der Waals surface area (Å²) in [6.45, 7) is 2.32. The first kappa shape index (κ1) is 16.1. The highest BCUT2D eigenvalue weighted by molar-refractivity contribution is 6.32. The Morgan fingerprint density at radius 2 is 2.05 bits per heavy atom. The number of hydrogen-bond donors (Lipinski definition) is 1. The summed E-state index contributed by atoms with van der Waals surface area (Å²) in [6.07, 6.45) is 0. The van der Waals surface area contributed by atoms with Gasteiger partial charge in [-0.3, -0.25) is 4.79 Å². The second-order valence-electron chi connectivity index (χ2n) is 5.02. The van der Waals surface area contributed by atoms with E-state index >= 15 is 0 Å². The maximum atomic E-state index is 11.6. The number of likely N-dealkylation sites (N-methyl/N-ethyl adjacent to an activating group) is 1. The molecule has 0 bridgehead atoms. The smallest absolute Gasteiger partial charge is 0.396 e. The van der Waals surface area contributed by atoms with Crippen LogP contribution in [0.3, 0.4) is 0 Å². The lowest BCUT2D eigenvalue weighted by molar-refractivity contribution is -0.154. The number of benzene rings is 1. The molecule has 2 rings (SSSR count). The van der Waals surface area contributed by atoms with Crippen molar-refractivity contribution < 1.29 is 23.8 Å². The molecule has 0 radical (unpaired) electrons. The minimum absolute atomic E-state index is 0.104. The molecule has 0 saturated heterocycles. The zero-order chi connectivity index (χ0) is 16.1. The summed E-state index contributed by atoms with van der Waals surface area (Å²) < 4.78 is 15.3. The first-order valence-corrected chi connectivity index (χ1v) is 7.03. The molecule has 0 aromatic heterocycles. The molecule has 1 aromatic rings. The van der Waals surface area contributed by atoms with Crippen molar-refractivity contribution in [1.29, 1.82) is 0 Å². The molecule has 1 aliphatic rings. The van der Waals surface area contributed by atoms with Crippen molar-refractivity contribution in [3.05, 3.63) is 23.8 Å². The predicted octanol–water partition coefficient (Wildman–Crippen LogP) is 0.697. The number of carbonyl (C=O) groups is 2. The van der Waals surface area contributed by atoms with E-state index in [0.717, 1.165) is 5.56 Å². The average molecular weight is 308 g/mol. The molecule has 1 aromatic carbocycles. The van der Waals surface area contributed by atoms with Gasteiger partial charge in [-0.05, 0) is 38.7 Å². The van der Waals surface area contributed by atoms with Crippen LogP contribution in [-0.4, -0.2) is 50.8 Å². The van der Waals surface area contributed by atoms with Crippen molar-refractivity contribution in [3.8, 4) is 11.5 Å². The number of ether oxygens (including phenoxy) is 3. The molecule has 0 spiro atoms. The van der Waals surface area contributed by atoms with Gasteiger partial charge < -0.3 is 24.4 Å². The number of nitrogens with one attached hydrogen (secondary N) is 1.